The second kappa shape index (κ2) is 10.1. The van der Waals surface area contributed by atoms with Crippen LogP contribution in [0.5, 0.6) is 5.75 Å². The SMILES string of the molecule is OCCC1CN(Cc2cc(Cl)ccc2O)CCN1CCCc1ccccc1. The summed E-state index contributed by atoms with van der Waals surface area (Å²) in [5.41, 5.74) is 2.24. The molecule has 0 amide bonds. The molecule has 1 aliphatic heterocycles. The Kier molecular flexibility index (Phi) is 7.53. The van der Waals surface area contributed by atoms with Crippen molar-refractivity contribution >= 4 is 11.6 Å². The molecule has 27 heavy (non-hydrogen) atoms. The van der Waals surface area contributed by atoms with Crippen molar-refractivity contribution in [1.82, 2.24) is 9.80 Å². The number of piperazine rings is 1. The predicted molar refractivity (Wildman–Crippen MR) is 110 cm³/mol. The number of phenolic OH excluding ortho intramolecular Hbond substituents is 1. The highest BCUT2D eigenvalue weighted by Crippen LogP contribution is 2.24. The van der Waals surface area contributed by atoms with E-state index in [1.54, 1.807) is 12.1 Å². The fraction of sp³-hybridized carbons (Fsp3) is 0.455. The van der Waals surface area contributed by atoms with E-state index in [4.69, 9.17) is 11.6 Å². The topological polar surface area (TPSA) is 46.9 Å². The Labute approximate surface area is 167 Å². The highest BCUT2D eigenvalue weighted by Gasteiger charge is 2.26. The van der Waals surface area contributed by atoms with Crippen molar-refractivity contribution in [3.05, 3.63) is 64.7 Å². The van der Waals surface area contributed by atoms with Crippen LogP contribution in [0.4, 0.5) is 0 Å². The van der Waals surface area contributed by atoms with Crippen LogP contribution < -0.4 is 0 Å². The molecule has 1 fully saturated rings. The van der Waals surface area contributed by atoms with Gasteiger partial charge in [0, 0.05) is 49.4 Å². The van der Waals surface area contributed by atoms with Gasteiger partial charge in [-0.3, -0.25) is 9.80 Å². The summed E-state index contributed by atoms with van der Waals surface area (Å²) in [5.74, 6) is 0.295. The molecule has 0 aliphatic carbocycles. The van der Waals surface area contributed by atoms with Gasteiger partial charge in [0.05, 0.1) is 0 Å². The first-order valence-corrected chi connectivity index (χ1v) is 10.1. The molecule has 2 aromatic rings. The maximum absolute atomic E-state index is 10.1. The smallest absolute Gasteiger partial charge is 0.120 e. The third-order valence-corrected chi connectivity index (χ3v) is 5.58. The zero-order chi connectivity index (χ0) is 19.1. The highest BCUT2D eigenvalue weighted by atomic mass is 35.5. The van der Waals surface area contributed by atoms with Crippen molar-refractivity contribution in [2.24, 2.45) is 0 Å². The third kappa shape index (κ3) is 5.94. The Morgan fingerprint density at radius 3 is 2.67 bits per heavy atom. The van der Waals surface area contributed by atoms with Gasteiger partial charge < -0.3 is 10.2 Å². The van der Waals surface area contributed by atoms with Crippen LogP contribution >= 0.6 is 11.6 Å². The molecule has 0 spiro atoms. The minimum Gasteiger partial charge on any atom is -0.508 e. The zero-order valence-corrected chi connectivity index (χ0v) is 16.5. The first kappa shape index (κ1) is 20.2. The monoisotopic (exact) mass is 388 g/mol. The molecule has 5 heteroatoms. The molecule has 0 saturated carbocycles. The molecule has 3 rings (SSSR count). The van der Waals surface area contributed by atoms with Crippen LogP contribution in [0.1, 0.15) is 24.0 Å². The fourth-order valence-corrected chi connectivity index (χ4v) is 4.07. The maximum atomic E-state index is 10.1. The van der Waals surface area contributed by atoms with Crippen molar-refractivity contribution in [2.45, 2.75) is 31.8 Å². The van der Waals surface area contributed by atoms with E-state index < -0.39 is 0 Å². The van der Waals surface area contributed by atoms with E-state index in [1.807, 2.05) is 6.07 Å². The van der Waals surface area contributed by atoms with Crippen molar-refractivity contribution in [3.8, 4) is 5.75 Å². The molecular formula is C22H29ClN2O2. The largest absolute Gasteiger partial charge is 0.508 e. The number of aliphatic hydroxyl groups excluding tert-OH is 1. The summed E-state index contributed by atoms with van der Waals surface area (Å²) in [6, 6.07) is 16.1. The van der Waals surface area contributed by atoms with Gasteiger partial charge in [0.1, 0.15) is 5.75 Å². The lowest BCUT2D eigenvalue weighted by atomic mass is 10.1. The lowest BCUT2D eigenvalue weighted by molar-refractivity contribution is 0.0543. The summed E-state index contributed by atoms with van der Waals surface area (Å²) in [6.45, 7) is 4.79. The van der Waals surface area contributed by atoms with E-state index in [0.29, 0.717) is 23.4 Å². The normalized spacial score (nSPS) is 18.7. The van der Waals surface area contributed by atoms with Gasteiger partial charge in [-0.25, -0.2) is 0 Å². The molecule has 0 radical (unpaired) electrons. The quantitative estimate of drug-likeness (QED) is 0.726. The average molecular weight is 389 g/mol. The summed E-state index contributed by atoms with van der Waals surface area (Å²) in [4.78, 5) is 4.85. The van der Waals surface area contributed by atoms with Crippen LogP contribution in [0.3, 0.4) is 0 Å². The van der Waals surface area contributed by atoms with Gasteiger partial charge in [0.2, 0.25) is 0 Å². The average Bonchev–Trinajstić information content (AvgIpc) is 2.67. The highest BCUT2D eigenvalue weighted by molar-refractivity contribution is 6.30. The summed E-state index contributed by atoms with van der Waals surface area (Å²) >= 11 is 6.07. The number of phenols is 1. The molecule has 4 nitrogen and oxygen atoms in total. The Hall–Kier alpha value is -1.59. The maximum Gasteiger partial charge on any atom is 0.120 e. The van der Waals surface area contributed by atoms with Crippen molar-refractivity contribution in [2.75, 3.05) is 32.8 Å². The Morgan fingerprint density at radius 2 is 1.89 bits per heavy atom. The van der Waals surface area contributed by atoms with E-state index in [2.05, 4.69) is 40.1 Å². The van der Waals surface area contributed by atoms with Crippen LogP contribution in [-0.2, 0) is 13.0 Å². The molecule has 1 atom stereocenters. The van der Waals surface area contributed by atoms with Crippen molar-refractivity contribution < 1.29 is 10.2 Å². The van der Waals surface area contributed by atoms with Crippen LogP contribution in [-0.4, -0.2) is 58.8 Å². The Balaban J connectivity index is 1.53. The van der Waals surface area contributed by atoms with Crippen LogP contribution in [0.15, 0.2) is 48.5 Å². The van der Waals surface area contributed by atoms with Gasteiger partial charge in [-0.15, -0.1) is 0 Å². The minimum atomic E-state index is 0.204. The first-order valence-electron chi connectivity index (χ1n) is 9.74. The molecule has 1 unspecified atom stereocenters. The van der Waals surface area contributed by atoms with Crippen LogP contribution in [0, 0.1) is 0 Å². The molecule has 1 saturated heterocycles. The predicted octanol–water partition coefficient (Wildman–Crippen LogP) is 3.55. The van der Waals surface area contributed by atoms with Gasteiger partial charge in [-0.05, 0) is 49.6 Å². The number of rotatable bonds is 8. The summed E-state index contributed by atoms with van der Waals surface area (Å²) in [6.07, 6.45) is 2.99. The van der Waals surface area contributed by atoms with Gasteiger partial charge in [0.15, 0.2) is 0 Å². The number of benzene rings is 2. The molecular weight excluding hydrogens is 360 g/mol. The number of nitrogens with zero attached hydrogens (tertiary/aromatic N) is 2. The first-order chi connectivity index (χ1) is 13.2. The number of aliphatic hydroxyl groups is 1. The molecule has 0 bridgehead atoms. The van der Waals surface area contributed by atoms with Gasteiger partial charge >= 0.3 is 0 Å². The summed E-state index contributed by atoms with van der Waals surface area (Å²) in [7, 11) is 0. The fourth-order valence-electron chi connectivity index (χ4n) is 3.87. The van der Waals surface area contributed by atoms with E-state index in [0.717, 1.165) is 51.0 Å². The van der Waals surface area contributed by atoms with E-state index in [9.17, 15) is 10.2 Å². The summed E-state index contributed by atoms with van der Waals surface area (Å²) < 4.78 is 0. The standard InChI is InChI=1S/C22H29ClN2O2/c23-20-8-9-22(27)19(15-20)16-24-12-13-25(21(17-24)10-14-26)11-4-7-18-5-2-1-3-6-18/h1-3,5-6,8-9,15,21,26-27H,4,7,10-14,16-17H2. The molecule has 2 aromatic carbocycles. The Morgan fingerprint density at radius 1 is 1.07 bits per heavy atom. The second-order valence-corrected chi connectivity index (χ2v) is 7.74. The van der Waals surface area contributed by atoms with E-state index >= 15 is 0 Å². The van der Waals surface area contributed by atoms with Gasteiger partial charge in [-0.2, -0.15) is 0 Å². The second-order valence-electron chi connectivity index (χ2n) is 7.30. The molecule has 1 aliphatic rings. The van der Waals surface area contributed by atoms with Crippen LogP contribution in [0.25, 0.3) is 0 Å². The minimum absolute atomic E-state index is 0.204. The number of aryl methyl sites for hydroxylation is 1. The molecule has 0 aromatic heterocycles. The third-order valence-electron chi connectivity index (χ3n) is 5.34. The lowest BCUT2D eigenvalue weighted by Crippen LogP contribution is -2.53. The van der Waals surface area contributed by atoms with E-state index in [-0.39, 0.29) is 6.61 Å². The number of aromatic hydroxyl groups is 1. The molecule has 1 heterocycles. The van der Waals surface area contributed by atoms with E-state index in [1.165, 1.54) is 5.56 Å². The molecule has 146 valence electrons. The number of hydrogen-bond acceptors (Lipinski definition) is 4. The molecule has 2 N–H and O–H groups in total. The summed E-state index contributed by atoms with van der Waals surface area (Å²) in [5, 5.41) is 20.2. The van der Waals surface area contributed by atoms with Gasteiger partial charge in [-0.1, -0.05) is 41.9 Å². The van der Waals surface area contributed by atoms with Crippen LogP contribution in [0.2, 0.25) is 5.02 Å². The number of hydrogen-bond donors (Lipinski definition) is 2. The Bertz CT molecular complexity index is 711. The number of halogens is 1. The lowest BCUT2D eigenvalue weighted by Gasteiger charge is -2.41. The zero-order valence-electron chi connectivity index (χ0n) is 15.7. The van der Waals surface area contributed by atoms with Gasteiger partial charge in [0.25, 0.3) is 0 Å². The van der Waals surface area contributed by atoms with Crippen molar-refractivity contribution in [1.29, 1.82) is 0 Å². The van der Waals surface area contributed by atoms with Crippen molar-refractivity contribution in [3.63, 3.8) is 0 Å².